The minimum atomic E-state index is -4.24. The highest BCUT2D eigenvalue weighted by atomic mass is 35.5. The number of carbonyl (C=O) groups excluding carboxylic acids is 2. The van der Waals surface area contributed by atoms with E-state index in [1.165, 1.54) is 35.2 Å². The van der Waals surface area contributed by atoms with Gasteiger partial charge in [-0.15, -0.1) is 0 Å². The van der Waals surface area contributed by atoms with Crippen molar-refractivity contribution in [3.8, 4) is 0 Å². The van der Waals surface area contributed by atoms with Crippen LogP contribution in [0, 0.1) is 12.7 Å². The highest BCUT2D eigenvalue weighted by Gasteiger charge is 2.33. The molecule has 0 spiro atoms. The number of hydrogen-bond donors (Lipinski definition) is 1. The smallest absolute Gasteiger partial charge is 0.264 e. The van der Waals surface area contributed by atoms with E-state index in [2.05, 4.69) is 5.32 Å². The molecule has 7 nitrogen and oxygen atoms in total. The second kappa shape index (κ2) is 12.8. The van der Waals surface area contributed by atoms with Crippen molar-refractivity contribution in [1.29, 1.82) is 0 Å². The second-order valence-corrected chi connectivity index (χ2v) is 12.1. The summed E-state index contributed by atoms with van der Waals surface area (Å²) in [4.78, 5) is 28.0. The van der Waals surface area contributed by atoms with Gasteiger partial charge in [0.15, 0.2) is 0 Å². The molecule has 2 amide bonds. The minimum absolute atomic E-state index is 0.0388. The lowest BCUT2D eigenvalue weighted by atomic mass is 10.1. The lowest BCUT2D eigenvalue weighted by molar-refractivity contribution is -0.139. The van der Waals surface area contributed by atoms with Crippen molar-refractivity contribution in [1.82, 2.24) is 10.2 Å². The van der Waals surface area contributed by atoms with Crippen LogP contribution < -0.4 is 9.62 Å². The topological polar surface area (TPSA) is 86.8 Å². The summed E-state index contributed by atoms with van der Waals surface area (Å²) in [5, 5.41) is 3.47. The number of rotatable bonds is 10. The van der Waals surface area contributed by atoms with Crippen LogP contribution in [0.3, 0.4) is 0 Å². The first-order chi connectivity index (χ1) is 18.3. The normalized spacial score (nSPS) is 12.2. The molecular weight excluding hydrogens is 564 g/mol. The van der Waals surface area contributed by atoms with Gasteiger partial charge in [0.05, 0.1) is 10.6 Å². The number of aryl methyl sites for hydroxylation is 1. The van der Waals surface area contributed by atoms with E-state index >= 15 is 0 Å². The van der Waals surface area contributed by atoms with Crippen LogP contribution in [0.4, 0.5) is 10.1 Å². The van der Waals surface area contributed by atoms with Crippen LogP contribution in [0.1, 0.15) is 31.9 Å². The van der Waals surface area contributed by atoms with Gasteiger partial charge < -0.3 is 10.2 Å². The van der Waals surface area contributed by atoms with Gasteiger partial charge in [-0.25, -0.2) is 12.8 Å². The van der Waals surface area contributed by atoms with Gasteiger partial charge in [0.2, 0.25) is 11.8 Å². The van der Waals surface area contributed by atoms with Crippen LogP contribution >= 0.6 is 23.2 Å². The van der Waals surface area contributed by atoms with Gasteiger partial charge >= 0.3 is 0 Å². The molecule has 39 heavy (non-hydrogen) atoms. The molecule has 0 bridgehead atoms. The largest absolute Gasteiger partial charge is 0.352 e. The number of hydrogen-bond acceptors (Lipinski definition) is 4. The predicted molar refractivity (Wildman–Crippen MR) is 152 cm³/mol. The molecule has 3 aromatic carbocycles. The Bertz CT molecular complexity index is 1430. The average molecular weight is 595 g/mol. The quantitative estimate of drug-likeness (QED) is 0.332. The Kier molecular flexibility index (Phi) is 9.98. The number of nitrogens with zero attached hydrogens (tertiary/aromatic N) is 2. The summed E-state index contributed by atoms with van der Waals surface area (Å²) in [6.45, 7) is 6.22. The molecule has 0 aliphatic carbocycles. The lowest BCUT2D eigenvalue weighted by Crippen LogP contribution is -2.52. The number of nitrogens with one attached hydrogen (secondary N) is 1. The molecule has 0 unspecified atom stereocenters. The fourth-order valence-electron chi connectivity index (χ4n) is 3.79. The summed E-state index contributed by atoms with van der Waals surface area (Å²) in [7, 11) is -4.24. The fraction of sp³-hybridized carbons (Fsp3) is 0.286. The lowest BCUT2D eigenvalue weighted by Gasteiger charge is -2.32. The molecule has 0 saturated carbocycles. The highest BCUT2D eigenvalue weighted by Crippen LogP contribution is 2.27. The summed E-state index contributed by atoms with van der Waals surface area (Å²) < 4.78 is 42.1. The van der Waals surface area contributed by atoms with Gasteiger partial charge in [-0.05, 0) is 81.8 Å². The maximum Gasteiger partial charge on any atom is 0.264 e. The van der Waals surface area contributed by atoms with Crippen molar-refractivity contribution in [3.05, 3.63) is 93.7 Å². The number of sulfonamides is 1. The van der Waals surface area contributed by atoms with E-state index in [0.717, 1.165) is 22.0 Å². The van der Waals surface area contributed by atoms with Crippen molar-refractivity contribution in [2.24, 2.45) is 0 Å². The van der Waals surface area contributed by atoms with Gasteiger partial charge in [-0.1, -0.05) is 47.0 Å². The second-order valence-electron chi connectivity index (χ2n) is 9.40. The monoisotopic (exact) mass is 593 g/mol. The van der Waals surface area contributed by atoms with Gasteiger partial charge in [-0.2, -0.15) is 0 Å². The summed E-state index contributed by atoms with van der Waals surface area (Å²) in [5.41, 5.74) is 1.47. The molecule has 208 valence electrons. The van der Waals surface area contributed by atoms with Crippen LogP contribution in [0.15, 0.2) is 71.6 Å². The highest BCUT2D eigenvalue weighted by molar-refractivity contribution is 7.92. The Morgan fingerprint density at radius 2 is 1.56 bits per heavy atom. The molecule has 0 radical (unpaired) electrons. The van der Waals surface area contributed by atoms with Gasteiger partial charge in [-0.3, -0.25) is 13.9 Å². The van der Waals surface area contributed by atoms with Crippen LogP contribution in [-0.4, -0.2) is 43.8 Å². The van der Waals surface area contributed by atoms with Gasteiger partial charge in [0.1, 0.15) is 18.4 Å². The number of benzene rings is 3. The molecule has 3 rings (SSSR count). The van der Waals surface area contributed by atoms with Crippen molar-refractivity contribution < 1.29 is 22.4 Å². The standard InChI is InChI=1S/C28H30Cl2FN3O4S/c1-18(2)32-28(36)20(4)33(16-21-7-8-22(29)15-26(21)30)27(35)17-34(24-11-9-23(31)10-12-24)39(37,38)25-13-5-19(3)6-14-25/h5-15,18,20H,16-17H2,1-4H3,(H,32,36)/t20-/m0/s1. The molecule has 3 aromatic rings. The number of anilines is 1. The van der Waals surface area contributed by atoms with Gasteiger partial charge in [0, 0.05) is 22.6 Å². The summed E-state index contributed by atoms with van der Waals surface area (Å²) in [6, 6.07) is 14.6. The number of halogens is 3. The Labute approximate surface area is 238 Å². The van der Waals surface area contributed by atoms with Crippen molar-refractivity contribution >= 4 is 50.7 Å². The van der Waals surface area contributed by atoms with Crippen molar-refractivity contribution in [2.75, 3.05) is 10.8 Å². The summed E-state index contributed by atoms with van der Waals surface area (Å²) in [6.07, 6.45) is 0. The van der Waals surface area contributed by atoms with Crippen LogP contribution in [0.5, 0.6) is 0 Å². The molecule has 0 aliphatic heterocycles. The average Bonchev–Trinajstić information content (AvgIpc) is 2.86. The first-order valence-corrected chi connectivity index (χ1v) is 14.4. The molecular formula is C28H30Cl2FN3O4S. The third-order valence-electron chi connectivity index (χ3n) is 5.96. The van der Waals surface area contributed by atoms with Crippen LogP contribution in [0.25, 0.3) is 0 Å². The van der Waals surface area contributed by atoms with E-state index in [1.54, 1.807) is 45.0 Å². The van der Waals surface area contributed by atoms with Crippen LogP contribution in [0.2, 0.25) is 10.0 Å². The summed E-state index contributed by atoms with van der Waals surface area (Å²) >= 11 is 12.4. The van der Waals surface area contributed by atoms with E-state index in [0.29, 0.717) is 15.6 Å². The maximum atomic E-state index is 13.8. The fourth-order valence-corrected chi connectivity index (χ4v) is 5.68. The molecule has 1 atom stereocenters. The first-order valence-electron chi connectivity index (χ1n) is 12.2. The van der Waals surface area contributed by atoms with E-state index in [1.807, 2.05) is 6.92 Å². The number of carbonyl (C=O) groups is 2. The molecule has 0 heterocycles. The molecule has 0 fully saturated rings. The molecule has 0 aliphatic rings. The molecule has 1 N–H and O–H groups in total. The molecule has 0 aromatic heterocycles. The third-order valence-corrected chi connectivity index (χ3v) is 8.33. The molecule has 11 heteroatoms. The maximum absolute atomic E-state index is 13.8. The summed E-state index contributed by atoms with van der Waals surface area (Å²) in [5.74, 6) is -1.64. The minimum Gasteiger partial charge on any atom is -0.352 e. The Hall–Kier alpha value is -3.14. The van der Waals surface area contributed by atoms with E-state index in [4.69, 9.17) is 23.2 Å². The van der Waals surface area contributed by atoms with E-state index in [9.17, 15) is 22.4 Å². The first kappa shape index (κ1) is 30.4. The van der Waals surface area contributed by atoms with Gasteiger partial charge in [0.25, 0.3) is 10.0 Å². The van der Waals surface area contributed by atoms with Crippen LogP contribution in [-0.2, 0) is 26.2 Å². The van der Waals surface area contributed by atoms with E-state index in [-0.39, 0.29) is 23.2 Å². The Balaban J connectivity index is 2.04. The predicted octanol–water partition coefficient (Wildman–Crippen LogP) is 5.58. The zero-order valence-electron chi connectivity index (χ0n) is 22.0. The SMILES string of the molecule is Cc1ccc(S(=O)(=O)N(CC(=O)N(Cc2ccc(Cl)cc2Cl)[C@@H](C)C(=O)NC(C)C)c2ccc(F)cc2)cc1. The third kappa shape index (κ3) is 7.71. The van der Waals surface area contributed by atoms with Crippen molar-refractivity contribution in [3.63, 3.8) is 0 Å². The zero-order chi connectivity index (χ0) is 28.9. The Morgan fingerprint density at radius 3 is 2.13 bits per heavy atom. The Morgan fingerprint density at radius 1 is 0.949 bits per heavy atom. The molecule has 0 saturated heterocycles. The number of amides is 2. The zero-order valence-corrected chi connectivity index (χ0v) is 24.3. The van der Waals surface area contributed by atoms with Crippen molar-refractivity contribution in [2.45, 2.75) is 51.2 Å². The van der Waals surface area contributed by atoms with E-state index < -0.39 is 40.2 Å².